The summed E-state index contributed by atoms with van der Waals surface area (Å²) in [4.78, 5) is 16.0. The number of esters is 1. The number of rotatable bonds is 8. The third-order valence-corrected chi connectivity index (χ3v) is 3.70. The van der Waals surface area contributed by atoms with Crippen molar-refractivity contribution < 1.29 is 9.53 Å². The van der Waals surface area contributed by atoms with Gasteiger partial charge >= 0.3 is 5.97 Å². The Kier molecular flexibility index (Phi) is 7.02. The van der Waals surface area contributed by atoms with E-state index in [0.29, 0.717) is 31.9 Å². The first kappa shape index (κ1) is 16.1. The van der Waals surface area contributed by atoms with Gasteiger partial charge in [-0.25, -0.2) is 4.98 Å². The molecule has 2 N–H and O–H groups in total. The van der Waals surface area contributed by atoms with Crippen LogP contribution in [-0.4, -0.2) is 24.1 Å². The number of nitrogens with zero attached hydrogens (tertiary/aromatic N) is 1. The lowest BCUT2D eigenvalue weighted by molar-refractivity contribution is -0.144. The number of nitrogens with two attached hydrogens (primary N) is 1. The fourth-order valence-corrected chi connectivity index (χ4v) is 2.66. The van der Waals surface area contributed by atoms with E-state index >= 15 is 0 Å². The molecule has 0 aliphatic carbocycles. The van der Waals surface area contributed by atoms with Crippen molar-refractivity contribution in [3.8, 4) is 0 Å². The molecule has 19 heavy (non-hydrogen) atoms. The van der Waals surface area contributed by atoms with Crippen LogP contribution in [0.4, 0.5) is 0 Å². The van der Waals surface area contributed by atoms with Gasteiger partial charge in [-0.15, -0.1) is 11.3 Å². The highest BCUT2D eigenvalue weighted by Gasteiger charge is 2.15. The largest absolute Gasteiger partial charge is 0.465 e. The Bertz CT molecular complexity index is 391. The van der Waals surface area contributed by atoms with Crippen LogP contribution in [-0.2, 0) is 16.0 Å². The molecule has 1 aromatic rings. The summed E-state index contributed by atoms with van der Waals surface area (Å²) in [6.45, 7) is 7.19. The molecule has 0 aliphatic heterocycles. The normalized spacial score (nSPS) is 12.7. The van der Waals surface area contributed by atoms with Crippen molar-refractivity contribution >= 4 is 17.3 Å². The summed E-state index contributed by atoms with van der Waals surface area (Å²) in [5.74, 6) is 0.636. The lowest BCUT2D eigenvalue weighted by Gasteiger charge is -2.15. The van der Waals surface area contributed by atoms with E-state index in [1.165, 1.54) is 0 Å². The number of ether oxygens (including phenoxy) is 1. The highest BCUT2D eigenvalue weighted by Crippen LogP contribution is 2.15. The van der Waals surface area contributed by atoms with Gasteiger partial charge < -0.3 is 10.5 Å². The number of aryl methyl sites for hydroxylation is 1. The second kappa shape index (κ2) is 8.27. The third-order valence-electron chi connectivity index (χ3n) is 2.88. The van der Waals surface area contributed by atoms with Gasteiger partial charge in [0.2, 0.25) is 0 Å². The highest BCUT2D eigenvalue weighted by molar-refractivity contribution is 7.09. The van der Waals surface area contributed by atoms with E-state index in [1.807, 2.05) is 12.3 Å². The number of aromatic nitrogens is 1. The Morgan fingerprint density at radius 1 is 1.53 bits per heavy atom. The van der Waals surface area contributed by atoms with Crippen molar-refractivity contribution in [2.24, 2.45) is 17.6 Å². The molecule has 5 heteroatoms. The Balaban J connectivity index is 2.23. The van der Waals surface area contributed by atoms with Crippen molar-refractivity contribution in [3.63, 3.8) is 0 Å². The van der Waals surface area contributed by atoms with Crippen LogP contribution in [0.25, 0.3) is 0 Å². The van der Waals surface area contributed by atoms with E-state index in [4.69, 9.17) is 10.5 Å². The average molecular weight is 284 g/mol. The van der Waals surface area contributed by atoms with Crippen LogP contribution in [0.3, 0.4) is 0 Å². The van der Waals surface area contributed by atoms with Crippen LogP contribution in [0.5, 0.6) is 0 Å². The van der Waals surface area contributed by atoms with Crippen molar-refractivity contribution in [3.05, 3.63) is 16.1 Å². The van der Waals surface area contributed by atoms with Gasteiger partial charge in [0.05, 0.1) is 17.3 Å². The Morgan fingerprint density at radius 2 is 2.26 bits per heavy atom. The van der Waals surface area contributed by atoms with E-state index in [0.717, 1.165) is 17.1 Å². The number of carbonyl (C=O) groups is 1. The molecule has 1 aromatic heterocycles. The maximum absolute atomic E-state index is 11.7. The van der Waals surface area contributed by atoms with Gasteiger partial charge in [-0.2, -0.15) is 0 Å². The summed E-state index contributed by atoms with van der Waals surface area (Å²) in [5, 5.41) is 3.05. The first-order valence-electron chi connectivity index (χ1n) is 6.78. The molecule has 0 radical (unpaired) electrons. The van der Waals surface area contributed by atoms with E-state index in [-0.39, 0.29) is 11.9 Å². The molecule has 0 unspecified atom stereocenters. The number of hydrogen-bond donors (Lipinski definition) is 1. The van der Waals surface area contributed by atoms with Crippen LogP contribution in [0.2, 0.25) is 0 Å². The van der Waals surface area contributed by atoms with Crippen LogP contribution in [0.15, 0.2) is 5.38 Å². The van der Waals surface area contributed by atoms with Crippen LogP contribution < -0.4 is 5.73 Å². The maximum atomic E-state index is 11.7. The van der Waals surface area contributed by atoms with Gasteiger partial charge in [0, 0.05) is 18.2 Å². The molecule has 0 aliphatic rings. The van der Waals surface area contributed by atoms with E-state index in [2.05, 4.69) is 18.8 Å². The molecule has 0 saturated carbocycles. The van der Waals surface area contributed by atoms with Gasteiger partial charge in [-0.3, -0.25) is 4.79 Å². The highest BCUT2D eigenvalue weighted by atomic mass is 32.1. The first-order valence-corrected chi connectivity index (χ1v) is 7.66. The lowest BCUT2D eigenvalue weighted by Crippen LogP contribution is -2.21. The molecular weight excluding hydrogens is 260 g/mol. The molecule has 0 bridgehead atoms. The summed E-state index contributed by atoms with van der Waals surface area (Å²) in [5.41, 5.74) is 6.67. The minimum Gasteiger partial charge on any atom is -0.465 e. The second-order valence-corrected chi connectivity index (χ2v) is 6.33. The molecule has 0 saturated heterocycles. The van der Waals surface area contributed by atoms with E-state index in [1.54, 1.807) is 11.3 Å². The minimum atomic E-state index is -0.150. The minimum absolute atomic E-state index is 0.150. The molecule has 108 valence electrons. The quantitative estimate of drug-likeness (QED) is 0.745. The van der Waals surface area contributed by atoms with Crippen LogP contribution >= 0.6 is 11.3 Å². The molecule has 0 fully saturated rings. The van der Waals surface area contributed by atoms with Crippen molar-refractivity contribution in [2.45, 2.75) is 40.0 Å². The molecule has 1 rings (SSSR count). The van der Waals surface area contributed by atoms with Crippen LogP contribution in [0, 0.1) is 18.8 Å². The molecule has 1 atom stereocenters. The van der Waals surface area contributed by atoms with Crippen molar-refractivity contribution in [1.82, 2.24) is 4.98 Å². The van der Waals surface area contributed by atoms with Crippen molar-refractivity contribution in [2.75, 3.05) is 13.2 Å². The monoisotopic (exact) mass is 284 g/mol. The number of thiazole rings is 1. The van der Waals surface area contributed by atoms with Gasteiger partial charge in [-0.05, 0) is 31.7 Å². The molecule has 0 spiro atoms. The molecule has 0 aromatic carbocycles. The predicted octanol–water partition coefficient (Wildman–Crippen LogP) is 2.55. The molecular formula is C14H24N2O2S. The fourth-order valence-electron chi connectivity index (χ4n) is 2.02. The average Bonchev–Trinajstić information content (AvgIpc) is 2.73. The standard InChI is InChI=1S/C14H24N2O2S/c1-10(2)6-12(8-15)7-14(17)18-5-4-13-9-19-11(3)16-13/h9-10,12H,4-8,15H2,1-3H3/t12-/m0/s1. The van der Waals surface area contributed by atoms with Gasteiger partial charge in [0.25, 0.3) is 0 Å². The topological polar surface area (TPSA) is 65.2 Å². The summed E-state index contributed by atoms with van der Waals surface area (Å²) in [6, 6.07) is 0. The summed E-state index contributed by atoms with van der Waals surface area (Å²) in [7, 11) is 0. The Labute approximate surface area is 119 Å². The zero-order valence-electron chi connectivity index (χ0n) is 12.0. The predicted molar refractivity (Wildman–Crippen MR) is 78.1 cm³/mol. The van der Waals surface area contributed by atoms with E-state index < -0.39 is 0 Å². The molecule has 1 heterocycles. The van der Waals surface area contributed by atoms with Crippen LogP contribution in [0.1, 0.15) is 37.4 Å². The van der Waals surface area contributed by atoms with Gasteiger partial charge in [0.15, 0.2) is 0 Å². The summed E-state index contributed by atoms with van der Waals surface area (Å²) < 4.78 is 5.24. The third kappa shape index (κ3) is 6.68. The SMILES string of the molecule is Cc1nc(CCOC(=O)C[C@@H](CN)CC(C)C)cs1. The number of carbonyl (C=O) groups excluding carboxylic acids is 1. The molecule has 0 amide bonds. The second-order valence-electron chi connectivity index (χ2n) is 5.26. The summed E-state index contributed by atoms with van der Waals surface area (Å²) in [6.07, 6.45) is 2.08. The lowest BCUT2D eigenvalue weighted by atomic mass is 9.94. The zero-order chi connectivity index (χ0) is 14.3. The Morgan fingerprint density at radius 3 is 2.79 bits per heavy atom. The van der Waals surface area contributed by atoms with Gasteiger partial charge in [0.1, 0.15) is 0 Å². The fraction of sp³-hybridized carbons (Fsp3) is 0.714. The maximum Gasteiger partial charge on any atom is 0.306 e. The number of hydrogen-bond acceptors (Lipinski definition) is 5. The zero-order valence-corrected chi connectivity index (χ0v) is 12.8. The Hall–Kier alpha value is -0.940. The smallest absolute Gasteiger partial charge is 0.306 e. The van der Waals surface area contributed by atoms with Gasteiger partial charge in [-0.1, -0.05) is 13.8 Å². The first-order chi connectivity index (χ1) is 9.01. The summed E-state index contributed by atoms with van der Waals surface area (Å²) >= 11 is 1.62. The van der Waals surface area contributed by atoms with Crippen molar-refractivity contribution in [1.29, 1.82) is 0 Å². The molecule has 4 nitrogen and oxygen atoms in total. The van der Waals surface area contributed by atoms with E-state index in [9.17, 15) is 4.79 Å².